The summed E-state index contributed by atoms with van der Waals surface area (Å²) < 4.78 is 16.3. The number of hydrogen-bond acceptors (Lipinski definition) is 6. The van der Waals surface area contributed by atoms with Crippen molar-refractivity contribution in [2.24, 2.45) is 0 Å². The maximum Gasteiger partial charge on any atom is 0.339 e. The van der Waals surface area contributed by atoms with Crippen molar-refractivity contribution in [3.8, 4) is 5.75 Å². The normalized spacial score (nSPS) is 16.4. The molecule has 0 radical (unpaired) electrons. The molecular formula is C18H24ClNO5. The summed E-state index contributed by atoms with van der Waals surface area (Å²) in [5.41, 5.74) is 1.71. The predicted molar refractivity (Wildman–Crippen MR) is 98.0 cm³/mol. The van der Waals surface area contributed by atoms with Crippen LogP contribution in [0, 0.1) is 13.8 Å². The molecule has 0 bridgehead atoms. The lowest BCUT2D eigenvalue weighted by molar-refractivity contribution is 0.00466. The van der Waals surface area contributed by atoms with E-state index in [9.17, 15) is 9.90 Å². The van der Waals surface area contributed by atoms with Gasteiger partial charge in [0, 0.05) is 36.7 Å². The minimum absolute atomic E-state index is 0. The number of fused-ring (bicyclic) bond motifs is 1. The molecule has 0 aliphatic carbocycles. The van der Waals surface area contributed by atoms with Gasteiger partial charge in [0.05, 0.1) is 13.2 Å². The quantitative estimate of drug-likeness (QED) is 0.812. The molecule has 25 heavy (non-hydrogen) atoms. The fourth-order valence-corrected chi connectivity index (χ4v) is 2.85. The summed E-state index contributed by atoms with van der Waals surface area (Å²) in [5.74, 6) is 0.579. The molecule has 0 saturated carbocycles. The molecule has 6 nitrogen and oxygen atoms in total. The van der Waals surface area contributed by atoms with Gasteiger partial charge in [-0.3, -0.25) is 4.90 Å². The molecule has 1 N–H and O–H groups in total. The van der Waals surface area contributed by atoms with Gasteiger partial charge in [-0.1, -0.05) is 0 Å². The van der Waals surface area contributed by atoms with E-state index in [0.717, 1.165) is 24.0 Å². The molecule has 1 aromatic carbocycles. The van der Waals surface area contributed by atoms with E-state index in [1.807, 2.05) is 19.1 Å². The highest BCUT2D eigenvalue weighted by Gasteiger charge is 2.15. The number of hydrogen-bond donors (Lipinski definition) is 1. The van der Waals surface area contributed by atoms with Gasteiger partial charge in [-0.05, 0) is 31.5 Å². The van der Waals surface area contributed by atoms with Crippen LogP contribution >= 0.6 is 12.4 Å². The number of halogens is 1. The molecule has 3 rings (SSSR count). The van der Waals surface area contributed by atoms with Crippen molar-refractivity contribution in [1.82, 2.24) is 4.90 Å². The SMILES string of the molecule is Cc1c(C)c2ccc(OCC(O)CN3CCOCC3)cc2oc1=O.Cl. The van der Waals surface area contributed by atoms with E-state index in [-0.39, 0.29) is 24.6 Å². The molecule has 1 atom stereocenters. The van der Waals surface area contributed by atoms with Crippen molar-refractivity contribution in [3.05, 3.63) is 39.7 Å². The Hall–Kier alpha value is -1.60. The zero-order chi connectivity index (χ0) is 17.1. The van der Waals surface area contributed by atoms with Gasteiger partial charge in [0.15, 0.2) is 0 Å². The first-order valence-electron chi connectivity index (χ1n) is 8.19. The van der Waals surface area contributed by atoms with Crippen LogP contribution in [0.15, 0.2) is 27.4 Å². The molecule has 1 aromatic heterocycles. The van der Waals surface area contributed by atoms with E-state index in [4.69, 9.17) is 13.9 Å². The van der Waals surface area contributed by atoms with Crippen LogP contribution in [0.5, 0.6) is 5.75 Å². The van der Waals surface area contributed by atoms with Crippen LogP contribution in [0.2, 0.25) is 0 Å². The summed E-state index contributed by atoms with van der Waals surface area (Å²) in [6.45, 7) is 7.48. The Morgan fingerprint density at radius 2 is 1.96 bits per heavy atom. The molecule has 7 heteroatoms. The first kappa shape index (κ1) is 19.7. The molecule has 1 saturated heterocycles. The third-order valence-corrected chi connectivity index (χ3v) is 4.44. The van der Waals surface area contributed by atoms with Gasteiger partial charge in [-0.15, -0.1) is 12.4 Å². The van der Waals surface area contributed by atoms with Crippen molar-refractivity contribution in [2.75, 3.05) is 39.5 Å². The molecular weight excluding hydrogens is 346 g/mol. The van der Waals surface area contributed by atoms with E-state index < -0.39 is 6.10 Å². The number of morpholine rings is 1. The second kappa shape index (κ2) is 8.67. The molecule has 2 aromatic rings. The number of aliphatic hydroxyl groups excluding tert-OH is 1. The van der Waals surface area contributed by atoms with E-state index in [1.54, 1.807) is 13.0 Å². The van der Waals surface area contributed by atoms with Crippen molar-refractivity contribution in [3.63, 3.8) is 0 Å². The highest BCUT2D eigenvalue weighted by atomic mass is 35.5. The number of β-amino-alcohol motifs (C(OH)–C–C–N with tert-alkyl or cyclic N) is 1. The zero-order valence-corrected chi connectivity index (χ0v) is 15.3. The lowest BCUT2D eigenvalue weighted by atomic mass is 10.1. The first-order chi connectivity index (χ1) is 11.5. The number of benzene rings is 1. The van der Waals surface area contributed by atoms with Crippen molar-refractivity contribution in [2.45, 2.75) is 20.0 Å². The van der Waals surface area contributed by atoms with Crippen LogP contribution in [0.1, 0.15) is 11.1 Å². The van der Waals surface area contributed by atoms with Crippen LogP contribution in [0.25, 0.3) is 11.0 Å². The standard InChI is InChI=1S/C18H23NO5.ClH/c1-12-13(2)18(21)24-17-9-15(3-4-16(12)17)23-11-14(20)10-19-5-7-22-8-6-19;/h3-4,9,14,20H,5-8,10-11H2,1-2H3;1H. The number of aryl methyl sites for hydroxylation is 1. The third kappa shape index (κ3) is 4.73. The van der Waals surface area contributed by atoms with Crippen LogP contribution in [0.3, 0.4) is 0 Å². The Bertz CT molecular complexity index is 770. The van der Waals surface area contributed by atoms with Gasteiger partial charge < -0.3 is 19.0 Å². The summed E-state index contributed by atoms with van der Waals surface area (Å²) in [5, 5.41) is 11.0. The second-order valence-corrected chi connectivity index (χ2v) is 6.18. The number of aliphatic hydroxyl groups is 1. The minimum atomic E-state index is -0.578. The van der Waals surface area contributed by atoms with Gasteiger partial charge in [-0.25, -0.2) is 4.79 Å². The Morgan fingerprint density at radius 1 is 1.24 bits per heavy atom. The summed E-state index contributed by atoms with van der Waals surface area (Å²) in [4.78, 5) is 13.9. The minimum Gasteiger partial charge on any atom is -0.491 e. The van der Waals surface area contributed by atoms with Crippen molar-refractivity contribution >= 4 is 23.4 Å². The van der Waals surface area contributed by atoms with Crippen LogP contribution in [-0.4, -0.2) is 55.6 Å². The molecule has 1 unspecified atom stereocenters. The van der Waals surface area contributed by atoms with Crippen LogP contribution in [-0.2, 0) is 4.74 Å². The third-order valence-electron chi connectivity index (χ3n) is 4.44. The molecule has 0 amide bonds. The number of rotatable bonds is 5. The highest BCUT2D eigenvalue weighted by Crippen LogP contribution is 2.24. The average molecular weight is 370 g/mol. The van der Waals surface area contributed by atoms with Gasteiger partial charge in [-0.2, -0.15) is 0 Å². The Balaban J connectivity index is 0.00000225. The molecule has 1 aliphatic heterocycles. The topological polar surface area (TPSA) is 72.1 Å². The fraction of sp³-hybridized carbons (Fsp3) is 0.500. The lowest BCUT2D eigenvalue weighted by Crippen LogP contribution is -2.42. The lowest BCUT2D eigenvalue weighted by Gasteiger charge is -2.28. The number of nitrogens with zero attached hydrogens (tertiary/aromatic N) is 1. The summed E-state index contributed by atoms with van der Waals surface area (Å²) in [7, 11) is 0. The molecule has 1 aliphatic rings. The Morgan fingerprint density at radius 3 is 2.68 bits per heavy atom. The molecule has 138 valence electrons. The Kier molecular flexibility index (Phi) is 6.84. The smallest absolute Gasteiger partial charge is 0.339 e. The van der Waals surface area contributed by atoms with Crippen LogP contribution < -0.4 is 10.4 Å². The van der Waals surface area contributed by atoms with E-state index in [1.165, 1.54) is 0 Å². The molecule has 1 fully saturated rings. The van der Waals surface area contributed by atoms with Crippen molar-refractivity contribution < 1.29 is 19.0 Å². The van der Waals surface area contributed by atoms with Gasteiger partial charge >= 0.3 is 5.63 Å². The maximum absolute atomic E-state index is 11.8. The van der Waals surface area contributed by atoms with Gasteiger partial charge in [0.25, 0.3) is 0 Å². The molecule has 0 spiro atoms. The van der Waals surface area contributed by atoms with Crippen molar-refractivity contribution in [1.29, 1.82) is 0 Å². The van der Waals surface area contributed by atoms with E-state index in [0.29, 0.717) is 36.7 Å². The first-order valence-corrected chi connectivity index (χ1v) is 8.19. The van der Waals surface area contributed by atoms with E-state index >= 15 is 0 Å². The predicted octanol–water partition coefficient (Wildman–Crippen LogP) is 1.90. The summed E-state index contributed by atoms with van der Waals surface area (Å²) in [6, 6.07) is 5.41. The average Bonchev–Trinajstić information content (AvgIpc) is 2.59. The van der Waals surface area contributed by atoms with E-state index in [2.05, 4.69) is 4.90 Å². The Labute approximate surface area is 152 Å². The largest absolute Gasteiger partial charge is 0.491 e. The summed E-state index contributed by atoms with van der Waals surface area (Å²) >= 11 is 0. The highest BCUT2D eigenvalue weighted by molar-refractivity contribution is 5.85. The summed E-state index contributed by atoms with van der Waals surface area (Å²) in [6.07, 6.45) is -0.578. The number of ether oxygens (including phenoxy) is 2. The van der Waals surface area contributed by atoms with Gasteiger partial charge in [0.1, 0.15) is 24.0 Å². The zero-order valence-electron chi connectivity index (χ0n) is 14.5. The monoisotopic (exact) mass is 369 g/mol. The molecule has 2 heterocycles. The van der Waals surface area contributed by atoms with Gasteiger partial charge in [0.2, 0.25) is 0 Å². The second-order valence-electron chi connectivity index (χ2n) is 6.18. The maximum atomic E-state index is 11.8. The van der Waals surface area contributed by atoms with Crippen LogP contribution in [0.4, 0.5) is 0 Å². The fourth-order valence-electron chi connectivity index (χ4n) is 2.85.